The van der Waals surface area contributed by atoms with E-state index in [1.807, 2.05) is 24.4 Å². The van der Waals surface area contributed by atoms with E-state index in [0.29, 0.717) is 38.9 Å². The summed E-state index contributed by atoms with van der Waals surface area (Å²) in [6.45, 7) is 13.3. The number of hydrogen-bond donors (Lipinski definition) is 2. The van der Waals surface area contributed by atoms with Crippen molar-refractivity contribution in [3.8, 4) is 22.5 Å². The van der Waals surface area contributed by atoms with Gasteiger partial charge < -0.3 is 9.80 Å². The standard InChI is InChI=1S/C19H22FN5.C18H21N5/c1-3-19(2)8-10-25(11-9-19)15-12-21-17-16(23-24-18(17)22-15)13-6-4-5-7-14(13)20;1-18(2)8-10-23(11-9-18)14-12-19-16-15(21-22-17(16)20-14)13-6-4-3-5-7-13/h4-7,12H,3,8-11H2,1-2H3,(H,22,23,24);3-7,12H,8-11H2,1-2H3,(H,20,21,22). The molecule has 4 aromatic heterocycles. The van der Waals surface area contributed by atoms with Crippen molar-refractivity contribution < 1.29 is 4.39 Å². The van der Waals surface area contributed by atoms with Crippen LogP contribution in [0, 0.1) is 16.6 Å². The molecule has 0 aliphatic carbocycles. The van der Waals surface area contributed by atoms with Crippen molar-refractivity contribution in [1.82, 2.24) is 40.3 Å². The number of piperidine rings is 2. The van der Waals surface area contributed by atoms with Gasteiger partial charge in [0.15, 0.2) is 0 Å². The average Bonchev–Trinajstić information content (AvgIpc) is 3.73. The van der Waals surface area contributed by atoms with E-state index in [1.54, 1.807) is 24.4 Å². The van der Waals surface area contributed by atoms with Crippen LogP contribution in [0.25, 0.3) is 44.8 Å². The van der Waals surface area contributed by atoms with Crippen LogP contribution in [-0.4, -0.2) is 66.5 Å². The molecule has 2 aliphatic rings. The Morgan fingerprint density at radius 3 is 1.79 bits per heavy atom. The maximum atomic E-state index is 14.1. The van der Waals surface area contributed by atoms with E-state index in [-0.39, 0.29) is 5.82 Å². The van der Waals surface area contributed by atoms with E-state index >= 15 is 0 Å². The number of fused-ring (bicyclic) bond motifs is 2. The Bertz CT molecular complexity index is 2000. The molecule has 0 unspecified atom stereocenters. The Morgan fingerprint density at radius 2 is 1.21 bits per heavy atom. The molecule has 8 rings (SSSR count). The lowest BCUT2D eigenvalue weighted by molar-refractivity contribution is 0.238. The molecule has 6 aromatic rings. The summed E-state index contributed by atoms with van der Waals surface area (Å²) in [5.41, 5.74) is 6.55. The number of nitrogens with one attached hydrogen (secondary N) is 2. The van der Waals surface area contributed by atoms with Gasteiger partial charge in [0, 0.05) is 37.3 Å². The van der Waals surface area contributed by atoms with Gasteiger partial charge in [0.1, 0.15) is 28.5 Å². The highest BCUT2D eigenvalue weighted by Gasteiger charge is 2.29. The third kappa shape index (κ3) is 6.46. The zero-order chi connectivity index (χ0) is 33.3. The van der Waals surface area contributed by atoms with E-state index in [1.165, 1.54) is 25.3 Å². The maximum absolute atomic E-state index is 14.1. The van der Waals surface area contributed by atoms with Crippen LogP contribution >= 0.6 is 0 Å². The Kier molecular flexibility index (Phi) is 8.53. The summed E-state index contributed by atoms with van der Waals surface area (Å²) in [6.07, 6.45) is 9.54. The minimum atomic E-state index is -0.297. The fraction of sp³-hybridized carbons (Fsp3) is 0.405. The van der Waals surface area contributed by atoms with Gasteiger partial charge in [-0.2, -0.15) is 10.2 Å². The van der Waals surface area contributed by atoms with E-state index in [2.05, 4.69) is 85.0 Å². The smallest absolute Gasteiger partial charge is 0.202 e. The average molecular weight is 647 g/mol. The molecule has 248 valence electrons. The van der Waals surface area contributed by atoms with Crippen LogP contribution in [-0.2, 0) is 0 Å². The van der Waals surface area contributed by atoms with Gasteiger partial charge in [-0.15, -0.1) is 0 Å². The van der Waals surface area contributed by atoms with Gasteiger partial charge in [0.2, 0.25) is 11.3 Å². The number of hydrogen-bond acceptors (Lipinski definition) is 8. The first-order chi connectivity index (χ1) is 23.2. The van der Waals surface area contributed by atoms with Crippen LogP contribution in [0.3, 0.4) is 0 Å². The quantitative estimate of drug-likeness (QED) is 0.195. The lowest BCUT2D eigenvalue weighted by Crippen LogP contribution is -2.38. The first kappa shape index (κ1) is 31.7. The highest BCUT2D eigenvalue weighted by molar-refractivity contribution is 5.88. The van der Waals surface area contributed by atoms with Crippen LogP contribution in [0.4, 0.5) is 16.0 Å². The molecule has 11 heteroatoms. The zero-order valence-corrected chi connectivity index (χ0v) is 28.2. The minimum absolute atomic E-state index is 0.297. The van der Waals surface area contributed by atoms with Crippen molar-refractivity contribution in [2.45, 2.75) is 59.8 Å². The van der Waals surface area contributed by atoms with E-state index in [9.17, 15) is 4.39 Å². The van der Waals surface area contributed by atoms with Gasteiger partial charge >= 0.3 is 0 Å². The third-order valence-corrected chi connectivity index (χ3v) is 10.3. The van der Waals surface area contributed by atoms with Crippen molar-refractivity contribution in [3.63, 3.8) is 0 Å². The van der Waals surface area contributed by atoms with Gasteiger partial charge in [-0.05, 0) is 48.6 Å². The van der Waals surface area contributed by atoms with Crippen molar-refractivity contribution in [1.29, 1.82) is 0 Å². The second kappa shape index (κ2) is 12.9. The number of benzene rings is 2. The van der Waals surface area contributed by atoms with Gasteiger partial charge in [-0.3, -0.25) is 10.2 Å². The molecular weight excluding hydrogens is 603 g/mol. The molecule has 2 aromatic carbocycles. The van der Waals surface area contributed by atoms with Crippen LogP contribution in [0.15, 0.2) is 67.0 Å². The van der Waals surface area contributed by atoms with Crippen molar-refractivity contribution >= 4 is 34.0 Å². The number of halogens is 1. The van der Waals surface area contributed by atoms with Crippen LogP contribution in [0.1, 0.15) is 59.8 Å². The third-order valence-electron chi connectivity index (χ3n) is 10.3. The summed E-state index contributed by atoms with van der Waals surface area (Å²) < 4.78 is 14.1. The molecule has 0 amide bonds. The molecule has 2 saturated heterocycles. The zero-order valence-electron chi connectivity index (χ0n) is 28.2. The summed E-state index contributed by atoms with van der Waals surface area (Å²) in [5.74, 6) is 1.48. The first-order valence-corrected chi connectivity index (χ1v) is 16.9. The number of nitrogens with zero attached hydrogens (tertiary/aromatic N) is 8. The molecule has 48 heavy (non-hydrogen) atoms. The number of rotatable bonds is 5. The Hall–Kier alpha value is -4.93. The van der Waals surface area contributed by atoms with Gasteiger partial charge in [0.05, 0.1) is 23.8 Å². The summed E-state index contributed by atoms with van der Waals surface area (Å²) in [5, 5.41) is 14.6. The summed E-state index contributed by atoms with van der Waals surface area (Å²) >= 11 is 0. The van der Waals surface area contributed by atoms with Crippen molar-refractivity contribution in [2.75, 3.05) is 36.0 Å². The topological polar surface area (TPSA) is 115 Å². The summed E-state index contributed by atoms with van der Waals surface area (Å²) in [6, 6.07) is 16.7. The lowest BCUT2D eigenvalue weighted by Gasteiger charge is -2.39. The Labute approximate surface area is 280 Å². The molecule has 2 fully saturated rings. The minimum Gasteiger partial charge on any atom is -0.355 e. The predicted octanol–water partition coefficient (Wildman–Crippen LogP) is 7.82. The monoisotopic (exact) mass is 646 g/mol. The molecule has 0 radical (unpaired) electrons. The number of aromatic nitrogens is 8. The molecular formula is C37H43FN10. The molecule has 0 spiro atoms. The van der Waals surface area contributed by atoms with E-state index in [4.69, 9.17) is 4.98 Å². The molecule has 0 atom stereocenters. The van der Waals surface area contributed by atoms with E-state index in [0.717, 1.165) is 67.4 Å². The number of H-pyrrole nitrogens is 2. The van der Waals surface area contributed by atoms with E-state index < -0.39 is 0 Å². The summed E-state index contributed by atoms with van der Waals surface area (Å²) in [7, 11) is 0. The first-order valence-electron chi connectivity index (χ1n) is 16.9. The molecule has 0 bridgehead atoms. The van der Waals surface area contributed by atoms with Crippen molar-refractivity contribution in [3.05, 3.63) is 72.8 Å². The Balaban J connectivity index is 0.000000152. The summed E-state index contributed by atoms with van der Waals surface area (Å²) in [4.78, 5) is 23.1. The molecule has 2 N–H and O–H groups in total. The number of aromatic amines is 2. The predicted molar refractivity (Wildman–Crippen MR) is 189 cm³/mol. The normalized spacial score (nSPS) is 17.4. The lowest BCUT2D eigenvalue weighted by atomic mass is 9.78. The Morgan fingerprint density at radius 1 is 0.688 bits per heavy atom. The van der Waals surface area contributed by atoms with Gasteiger partial charge in [0.25, 0.3) is 0 Å². The highest BCUT2D eigenvalue weighted by atomic mass is 19.1. The maximum Gasteiger partial charge on any atom is 0.202 e. The second-order valence-corrected chi connectivity index (χ2v) is 14.1. The fourth-order valence-corrected chi connectivity index (χ4v) is 6.51. The van der Waals surface area contributed by atoms with Crippen LogP contribution in [0.5, 0.6) is 0 Å². The molecule has 6 heterocycles. The fourth-order valence-electron chi connectivity index (χ4n) is 6.51. The van der Waals surface area contributed by atoms with Crippen LogP contribution in [0.2, 0.25) is 0 Å². The largest absolute Gasteiger partial charge is 0.355 e. The molecule has 10 nitrogen and oxygen atoms in total. The van der Waals surface area contributed by atoms with Crippen molar-refractivity contribution in [2.24, 2.45) is 10.8 Å². The van der Waals surface area contributed by atoms with Crippen LogP contribution < -0.4 is 9.80 Å². The molecule has 0 saturated carbocycles. The number of anilines is 2. The molecule has 2 aliphatic heterocycles. The van der Waals surface area contributed by atoms with Gasteiger partial charge in [-0.25, -0.2) is 24.3 Å². The second-order valence-electron chi connectivity index (χ2n) is 14.1. The van der Waals surface area contributed by atoms with Gasteiger partial charge in [-0.1, -0.05) is 76.6 Å². The highest BCUT2D eigenvalue weighted by Crippen LogP contribution is 2.36. The SMILES string of the molecule is CC1(C)CCN(c2cnc3c(-c4ccccc4)[nH]nc3n2)CC1.CCC1(C)CCN(c2cnc3c(-c4ccccc4F)[nH]nc3n2)CC1.